The van der Waals surface area contributed by atoms with Crippen LogP contribution in [0.3, 0.4) is 0 Å². The quantitative estimate of drug-likeness (QED) is 0.0889. The number of nitrogens with two attached hydrogens (primary N) is 1. The van der Waals surface area contributed by atoms with Crippen LogP contribution in [0, 0.1) is 11.3 Å². The number of nitrogens with one attached hydrogen (secondary N) is 3. The third-order valence-corrected chi connectivity index (χ3v) is 8.82. The first kappa shape index (κ1) is 34.6. The van der Waals surface area contributed by atoms with E-state index in [1.54, 1.807) is 0 Å². The number of rotatable bonds is 17. The van der Waals surface area contributed by atoms with Crippen LogP contribution in [0.2, 0.25) is 0 Å². The van der Waals surface area contributed by atoms with E-state index in [2.05, 4.69) is 15.6 Å². The highest BCUT2D eigenvalue weighted by Crippen LogP contribution is 2.25. The molecule has 1 aliphatic heterocycles. The number of Topliss-reactive ketones (excluding diaryl/α,β-unsaturated/α-hetero) is 1. The highest BCUT2D eigenvalue weighted by molar-refractivity contribution is 7.20. The Morgan fingerprint density at radius 3 is 2.43 bits per heavy atom. The predicted molar refractivity (Wildman–Crippen MR) is 168 cm³/mol. The molecular weight excluding hydrogens is 584 g/mol. The van der Waals surface area contributed by atoms with Crippen LogP contribution in [0.15, 0.2) is 24.3 Å². The molecule has 3 amide bonds. The highest BCUT2D eigenvalue weighted by atomic mass is 32.1. The summed E-state index contributed by atoms with van der Waals surface area (Å²) >= 11 is 1.24. The van der Waals surface area contributed by atoms with Gasteiger partial charge in [0.1, 0.15) is 12.1 Å². The van der Waals surface area contributed by atoms with Crippen molar-refractivity contribution >= 4 is 56.9 Å². The van der Waals surface area contributed by atoms with Gasteiger partial charge in [0.15, 0.2) is 5.01 Å². The molecule has 0 bridgehead atoms. The highest BCUT2D eigenvalue weighted by Gasteiger charge is 2.40. The number of ether oxygens (including phenoxy) is 1. The first-order valence-corrected chi connectivity index (χ1v) is 16.1. The van der Waals surface area contributed by atoms with E-state index in [1.165, 1.54) is 23.3 Å². The lowest BCUT2D eigenvalue weighted by Gasteiger charge is -2.30. The van der Waals surface area contributed by atoms with Gasteiger partial charge in [-0.1, -0.05) is 38.8 Å². The van der Waals surface area contributed by atoms with Crippen molar-refractivity contribution in [1.29, 1.82) is 5.41 Å². The number of para-hydroxylation sites is 1. The molecule has 2 aromatic rings. The molecule has 1 aromatic heterocycles. The van der Waals surface area contributed by atoms with Crippen LogP contribution in [0.5, 0.6) is 0 Å². The van der Waals surface area contributed by atoms with Gasteiger partial charge < -0.3 is 26.0 Å². The Bertz CT molecular complexity index is 1310. The molecule has 44 heavy (non-hydrogen) atoms. The van der Waals surface area contributed by atoms with E-state index in [1.807, 2.05) is 38.1 Å². The number of esters is 1. The summed E-state index contributed by atoms with van der Waals surface area (Å²) in [4.78, 5) is 72.2. The number of nitrogens with zero attached hydrogens (tertiary/aromatic N) is 2. The standard InChI is InChI=1S/C31H44N6O6S/c1-4-10-19(11-5-2)28(40)35-22(18-26(38)43-3)31(42)37-17-9-14-23(37)29(41)34-21(13-8-16-25(32)33)27(39)30-36-20-12-6-7-15-24(20)44-30/h6-7,12,15,19,21-23H,4-5,8-11,13-14,16-18H2,1-3H3,(H3,32,33)(H,34,41)(H,35,40)/t21-,22-,23-/m0/s1. The zero-order valence-electron chi connectivity index (χ0n) is 25.7. The molecule has 1 saturated heterocycles. The second-order valence-electron chi connectivity index (χ2n) is 11.1. The van der Waals surface area contributed by atoms with Gasteiger partial charge in [-0.25, -0.2) is 4.98 Å². The summed E-state index contributed by atoms with van der Waals surface area (Å²) < 4.78 is 5.64. The smallest absolute Gasteiger partial charge is 0.308 e. The number of fused-ring (bicyclic) bond motifs is 1. The summed E-state index contributed by atoms with van der Waals surface area (Å²) in [5, 5.41) is 13.4. The van der Waals surface area contributed by atoms with E-state index < -0.39 is 35.9 Å². The normalized spacial score (nSPS) is 16.0. The first-order chi connectivity index (χ1) is 21.1. The fourth-order valence-corrected chi connectivity index (χ4v) is 6.47. The molecule has 13 heteroatoms. The minimum absolute atomic E-state index is 0.0196. The van der Waals surface area contributed by atoms with E-state index in [-0.39, 0.29) is 54.3 Å². The van der Waals surface area contributed by atoms with Crippen LogP contribution in [0.4, 0.5) is 0 Å². The van der Waals surface area contributed by atoms with Crippen molar-refractivity contribution in [2.45, 2.75) is 96.2 Å². The lowest BCUT2D eigenvalue weighted by atomic mass is 9.96. The number of ketones is 1. The number of amidine groups is 1. The molecule has 240 valence electrons. The number of carbonyl (C=O) groups excluding carboxylic acids is 5. The maximum absolute atomic E-state index is 13.8. The van der Waals surface area contributed by atoms with E-state index in [0.717, 1.165) is 17.5 Å². The predicted octanol–water partition coefficient (Wildman–Crippen LogP) is 3.33. The van der Waals surface area contributed by atoms with E-state index >= 15 is 0 Å². The van der Waals surface area contributed by atoms with Crippen molar-refractivity contribution < 1.29 is 28.7 Å². The Morgan fingerprint density at radius 2 is 1.80 bits per heavy atom. The zero-order chi connectivity index (χ0) is 32.2. The average Bonchev–Trinajstić information content (AvgIpc) is 3.67. The van der Waals surface area contributed by atoms with Crippen LogP contribution in [0.25, 0.3) is 10.2 Å². The van der Waals surface area contributed by atoms with Crippen molar-refractivity contribution in [3.8, 4) is 0 Å². The Labute approximate surface area is 262 Å². The lowest BCUT2D eigenvalue weighted by Crippen LogP contribution is -2.56. The van der Waals surface area contributed by atoms with E-state index in [0.29, 0.717) is 37.6 Å². The van der Waals surface area contributed by atoms with Crippen molar-refractivity contribution in [3.05, 3.63) is 29.3 Å². The summed E-state index contributed by atoms with van der Waals surface area (Å²) in [5.41, 5.74) is 6.20. The summed E-state index contributed by atoms with van der Waals surface area (Å²) in [6, 6.07) is 4.36. The second-order valence-corrected chi connectivity index (χ2v) is 12.2. The van der Waals surface area contributed by atoms with Crippen molar-refractivity contribution in [2.24, 2.45) is 11.7 Å². The lowest BCUT2D eigenvalue weighted by molar-refractivity contribution is -0.147. The second kappa shape index (κ2) is 16.8. The largest absolute Gasteiger partial charge is 0.469 e. The fraction of sp³-hybridized carbons (Fsp3) is 0.581. The Hall–Kier alpha value is -3.87. The summed E-state index contributed by atoms with van der Waals surface area (Å²) in [7, 11) is 1.21. The van der Waals surface area contributed by atoms with Crippen LogP contribution in [-0.4, -0.2) is 77.0 Å². The van der Waals surface area contributed by atoms with Crippen molar-refractivity contribution in [1.82, 2.24) is 20.5 Å². The van der Waals surface area contributed by atoms with Crippen molar-refractivity contribution in [3.63, 3.8) is 0 Å². The molecule has 0 spiro atoms. The van der Waals surface area contributed by atoms with Gasteiger partial charge in [-0.15, -0.1) is 11.3 Å². The molecular formula is C31H44N6O6S. The molecule has 0 unspecified atom stereocenters. The topological polar surface area (TPSA) is 185 Å². The third-order valence-electron chi connectivity index (χ3n) is 7.77. The van der Waals surface area contributed by atoms with Crippen molar-refractivity contribution in [2.75, 3.05) is 13.7 Å². The van der Waals surface area contributed by atoms with Crippen LogP contribution < -0.4 is 16.4 Å². The first-order valence-electron chi connectivity index (χ1n) is 15.3. The van der Waals surface area contributed by atoms with Gasteiger partial charge >= 0.3 is 5.97 Å². The Morgan fingerprint density at radius 1 is 1.09 bits per heavy atom. The zero-order valence-corrected chi connectivity index (χ0v) is 26.5. The molecule has 2 heterocycles. The summed E-state index contributed by atoms with van der Waals surface area (Å²) in [6.07, 6.45) is 4.34. The number of hydrogen-bond donors (Lipinski definition) is 4. The maximum atomic E-state index is 13.8. The molecule has 1 fully saturated rings. The minimum atomic E-state index is -1.18. The van der Waals surface area contributed by atoms with Gasteiger partial charge in [0.05, 0.1) is 35.6 Å². The van der Waals surface area contributed by atoms with Gasteiger partial charge in [-0.2, -0.15) is 0 Å². The fourth-order valence-electron chi connectivity index (χ4n) is 5.51. The maximum Gasteiger partial charge on any atom is 0.308 e. The number of aromatic nitrogens is 1. The number of amides is 3. The van der Waals surface area contributed by atoms with Gasteiger partial charge in [0.25, 0.3) is 0 Å². The summed E-state index contributed by atoms with van der Waals surface area (Å²) in [5.74, 6) is -2.67. The molecule has 0 saturated carbocycles. The minimum Gasteiger partial charge on any atom is -0.469 e. The molecule has 0 aliphatic carbocycles. The van der Waals surface area contributed by atoms with Gasteiger partial charge in [-0.3, -0.25) is 29.4 Å². The number of benzene rings is 1. The number of hydrogen-bond acceptors (Lipinski definition) is 9. The van der Waals surface area contributed by atoms with E-state index in [9.17, 15) is 24.0 Å². The number of methoxy groups -OCH3 is 1. The third kappa shape index (κ3) is 9.31. The molecule has 3 rings (SSSR count). The molecule has 5 N–H and O–H groups in total. The summed E-state index contributed by atoms with van der Waals surface area (Å²) in [6.45, 7) is 4.23. The number of thiazole rings is 1. The Kier molecular flexibility index (Phi) is 13.2. The molecule has 3 atom stereocenters. The van der Waals surface area contributed by atoms with Gasteiger partial charge in [0, 0.05) is 18.9 Å². The van der Waals surface area contributed by atoms with Gasteiger partial charge in [-0.05, 0) is 50.7 Å². The van der Waals surface area contributed by atoms with Gasteiger partial charge in [0.2, 0.25) is 23.5 Å². The van der Waals surface area contributed by atoms with Crippen LogP contribution >= 0.6 is 11.3 Å². The molecule has 1 aromatic carbocycles. The van der Waals surface area contributed by atoms with Crippen LogP contribution in [0.1, 0.15) is 87.9 Å². The SMILES string of the molecule is CCCC(CCC)C(=O)N[C@@H](CC(=O)OC)C(=O)N1CCC[C@H]1C(=O)N[C@@H](CCCC(=N)N)C(=O)c1nc2ccccc2s1. The average molecular weight is 629 g/mol. The molecule has 12 nitrogen and oxygen atoms in total. The monoisotopic (exact) mass is 628 g/mol. The Balaban J connectivity index is 1.79. The van der Waals surface area contributed by atoms with E-state index in [4.69, 9.17) is 15.9 Å². The number of carbonyl (C=O) groups is 5. The molecule has 1 aliphatic rings. The van der Waals surface area contributed by atoms with Crippen LogP contribution in [-0.2, 0) is 23.9 Å². The number of likely N-dealkylation sites (tertiary alicyclic amines) is 1. The molecule has 0 radical (unpaired) electrons.